The number of carbonyl (C=O) groups is 2. The number of halogens is 1. The Hall–Kier alpha value is -3.86. The molecule has 2 heterocycles. The highest BCUT2D eigenvalue weighted by Crippen LogP contribution is 2.40. The van der Waals surface area contributed by atoms with E-state index in [1.165, 1.54) is 28.5 Å². The van der Waals surface area contributed by atoms with Gasteiger partial charge < -0.3 is 31.6 Å². The van der Waals surface area contributed by atoms with Gasteiger partial charge in [-0.05, 0) is 173 Å². The van der Waals surface area contributed by atoms with Gasteiger partial charge in [-0.3, -0.25) is 0 Å². The lowest BCUT2D eigenvalue weighted by atomic mass is 9.86. The summed E-state index contributed by atoms with van der Waals surface area (Å²) in [5, 5.41) is 8.06. The van der Waals surface area contributed by atoms with E-state index < -0.39 is 31.1 Å². The Balaban J connectivity index is 0.000000244. The lowest BCUT2D eigenvalue weighted by Crippen LogP contribution is -2.40. The number of nitrogens with two attached hydrogens (primary N) is 2. The number of anilines is 2. The van der Waals surface area contributed by atoms with Gasteiger partial charge in [0.2, 0.25) is 20.0 Å². The molecule has 16 nitrogen and oxygen atoms in total. The van der Waals surface area contributed by atoms with Crippen molar-refractivity contribution in [3.8, 4) is 10.4 Å². The largest absolute Gasteiger partial charge is 0.447 e. The molecule has 2 aliphatic carbocycles. The molecule has 2 saturated carbocycles. The molecule has 378 valence electrons. The summed E-state index contributed by atoms with van der Waals surface area (Å²) >= 11 is 6.67. The van der Waals surface area contributed by atoms with E-state index in [4.69, 9.17) is 20.9 Å². The normalized spacial score (nSPS) is 19.0. The maximum Gasteiger partial charge on any atom is 0.407 e. The van der Waals surface area contributed by atoms with Gasteiger partial charge in [0, 0.05) is 58.1 Å². The smallest absolute Gasteiger partial charge is 0.407 e. The zero-order valence-corrected chi connectivity index (χ0v) is 45.9. The molecule has 2 fully saturated rings. The Labute approximate surface area is 420 Å². The molecule has 2 amide bonds. The molecular weight excluding hydrogens is 1010 g/mol. The van der Waals surface area contributed by atoms with Gasteiger partial charge >= 0.3 is 12.2 Å². The Bertz CT molecular complexity index is 2520. The van der Waals surface area contributed by atoms with E-state index in [1.54, 1.807) is 90.3 Å². The molecule has 6 rings (SSSR count). The molecule has 8 N–H and O–H groups in total. The van der Waals surface area contributed by atoms with Gasteiger partial charge in [0.05, 0.1) is 46.9 Å². The number of nitrogens with zero attached hydrogens (tertiary/aromatic N) is 2. The Morgan fingerprint density at radius 2 is 1.07 bits per heavy atom. The minimum atomic E-state index is -3.77. The van der Waals surface area contributed by atoms with Gasteiger partial charge in [0.1, 0.15) is 0 Å². The van der Waals surface area contributed by atoms with Crippen molar-refractivity contribution in [3.63, 3.8) is 0 Å². The summed E-state index contributed by atoms with van der Waals surface area (Å²) in [5.41, 5.74) is 12.5. The van der Waals surface area contributed by atoms with Crippen molar-refractivity contribution < 1.29 is 35.9 Å². The Morgan fingerprint density at radius 1 is 0.662 bits per heavy atom. The summed E-state index contributed by atoms with van der Waals surface area (Å²) in [6.07, 6.45) is 10.4. The first kappa shape index (κ1) is 56.7. The summed E-state index contributed by atoms with van der Waals surface area (Å²) < 4.78 is 66.9. The Morgan fingerprint density at radius 3 is 1.50 bits per heavy atom. The maximum absolute atomic E-state index is 13.1. The second-order valence-electron chi connectivity index (χ2n) is 19.9. The average Bonchev–Trinajstić information content (AvgIpc) is 3.87. The summed E-state index contributed by atoms with van der Waals surface area (Å²) in [7, 11) is -7.27. The van der Waals surface area contributed by atoms with Crippen LogP contribution in [-0.4, -0.2) is 74.4 Å². The van der Waals surface area contributed by atoms with Crippen molar-refractivity contribution in [2.45, 2.75) is 185 Å². The molecule has 0 spiro atoms. The van der Waals surface area contributed by atoms with Crippen LogP contribution >= 0.6 is 38.6 Å². The summed E-state index contributed by atoms with van der Waals surface area (Å²) in [6, 6.07) is 10.1. The minimum Gasteiger partial charge on any atom is -0.447 e. The van der Waals surface area contributed by atoms with Crippen LogP contribution in [0.3, 0.4) is 0 Å². The van der Waals surface area contributed by atoms with Crippen molar-refractivity contribution in [1.29, 1.82) is 0 Å². The quantitative estimate of drug-likeness (QED) is 0.0768. The first-order chi connectivity index (χ1) is 31.5. The molecule has 0 radical (unpaired) electrons. The molecule has 2 aliphatic rings. The van der Waals surface area contributed by atoms with E-state index in [9.17, 15) is 26.4 Å². The number of carbonyl (C=O) groups excluding carboxylic acids is 2. The molecule has 2 aromatic heterocycles. The predicted octanol–water partition coefficient (Wildman–Crippen LogP) is 10.4. The predicted molar refractivity (Wildman–Crippen MR) is 277 cm³/mol. The number of rotatable bonds is 11. The number of sulfonamides is 2. The second-order valence-corrected chi connectivity index (χ2v) is 26.7. The van der Waals surface area contributed by atoms with E-state index in [-0.39, 0.29) is 52.2 Å². The summed E-state index contributed by atoms with van der Waals surface area (Å²) in [6.45, 7) is 19.9. The highest BCUT2D eigenvalue weighted by atomic mass is 79.9. The SMILES string of the molecule is CC(C)OC(=O)NC1CCC(c2ncc(-c3ccc(N)cc3S(=O)(=O)NC(C)(C)C)s2)CC1.CC(C)OC(=O)NC1CCC(c2ncc(Br)s2)CC1.Cc1ccc(N)cc1S(=O)(=O)NC(C)(C)C. The van der Waals surface area contributed by atoms with E-state index in [2.05, 4.69) is 46.0 Å². The van der Waals surface area contributed by atoms with Crippen LogP contribution in [0.15, 0.2) is 62.4 Å². The monoisotopic (exact) mass is 1080 g/mol. The van der Waals surface area contributed by atoms with Gasteiger partial charge in [0.25, 0.3) is 0 Å². The molecule has 2 aromatic carbocycles. The third-order valence-electron chi connectivity index (χ3n) is 10.4. The van der Waals surface area contributed by atoms with Crippen LogP contribution in [0.5, 0.6) is 0 Å². The number of nitrogens with one attached hydrogen (secondary N) is 4. The number of aromatic nitrogens is 2. The van der Waals surface area contributed by atoms with Crippen LogP contribution in [0.25, 0.3) is 10.4 Å². The van der Waals surface area contributed by atoms with E-state index in [1.807, 2.05) is 33.9 Å². The third kappa shape index (κ3) is 18.5. The molecule has 0 bridgehead atoms. The van der Waals surface area contributed by atoms with Crippen LogP contribution in [0.2, 0.25) is 0 Å². The minimum absolute atomic E-state index is 0.0657. The zero-order valence-electron chi connectivity index (χ0n) is 41.1. The second kappa shape index (κ2) is 24.3. The highest BCUT2D eigenvalue weighted by molar-refractivity contribution is 9.11. The molecule has 0 atom stereocenters. The van der Waals surface area contributed by atoms with E-state index in [0.29, 0.717) is 28.4 Å². The number of alkyl carbamates (subject to hydrolysis) is 2. The number of hydrogen-bond acceptors (Lipinski definition) is 14. The lowest BCUT2D eigenvalue weighted by Gasteiger charge is -2.28. The fraction of sp³-hybridized carbons (Fsp3) is 0.574. The van der Waals surface area contributed by atoms with Gasteiger partial charge in [-0.2, -0.15) is 0 Å². The maximum atomic E-state index is 13.1. The van der Waals surface area contributed by atoms with Crippen LogP contribution in [0.4, 0.5) is 21.0 Å². The van der Waals surface area contributed by atoms with Crippen LogP contribution in [-0.2, 0) is 29.5 Å². The summed E-state index contributed by atoms with van der Waals surface area (Å²) in [5.74, 6) is 0.819. The van der Waals surface area contributed by atoms with Crippen molar-refractivity contribution >= 4 is 82.2 Å². The topological polar surface area (TPSA) is 247 Å². The van der Waals surface area contributed by atoms with Crippen LogP contribution in [0, 0.1) is 6.92 Å². The number of nitrogen functional groups attached to an aromatic ring is 2. The number of thiazole rings is 2. The molecule has 0 unspecified atom stereocenters. The Kier molecular flexibility index (Phi) is 20.3. The van der Waals surface area contributed by atoms with Crippen LogP contribution < -0.4 is 31.5 Å². The first-order valence-corrected chi connectivity index (χ1v) is 28.2. The van der Waals surface area contributed by atoms with Crippen molar-refractivity contribution in [2.75, 3.05) is 11.5 Å². The standard InChI is InChI=1S/C23H34N4O4S2.C13H19BrN2O2S.C11H18N2O2S/c1-14(2)31-22(28)26-17-9-6-15(7-10-17)21-25-13-19(32-21)18-11-8-16(24)12-20(18)33(29,30)27-23(3,4)5;1-8(2)18-13(17)16-10-5-3-9(4-6-10)12-15-7-11(14)19-12;1-8-5-6-9(12)7-10(8)16(14,15)13-11(2,3)4/h8,11-15,17,27H,6-7,9-10,24H2,1-5H3,(H,26,28);7-10H,3-6H2,1-2H3,(H,16,17);5-7,13H,12H2,1-4H3. The summed E-state index contributed by atoms with van der Waals surface area (Å²) in [4.78, 5) is 33.6. The van der Waals surface area contributed by atoms with Gasteiger partial charge in [-0.15, -0.1) is 22.7 Å². The molecule has 4 aromatic rings. The lowest BCUT2D eigenvalue weighted by molar-refractivity contribution is 0.108. The van der Waals surface area contributed by atoms with Gasteiger partial charge in [-0.1, -0.05) is 12.1 Å². The third-order valence-corrected chi connectivity index (χ3v) is 17.0. The van der Waals surface area contributed by atoms with Gasteiger partial charge in [-0.25, -0.2) is 45.8 Å². The van der Waals surface area contributed by atoms with E-state index >= 15 is 0 Å². The molecule has 0 saturated heterocycles. The van der Waals surface area contributed by atoms with E-state index in [0.717, 1.165) is 65.0 Å². The zero-order chi connectivity index (χ0) is 50.8. The van der Waals surface area contributed by atoms with Gasteiger partial charge in [0.15, 0.2) is 0 Å². The number of aryl methyl sites for hydroxylation is 1. The highest BCUT2D eigenvalue weighted by Gasteiger charge is 2.30. The average molecular weight is 1080 g/mol. The molecule has 21 heteroatoms. The van der Waals surface area contributed by atoms with Crippen molar-refractivity contribution in [3.05, 3.63) is 68.2 Å². The number of hydrogen-bond donors (Lipinski definition) is 6. The number of ether oxygens (including phenoxy) is 2. The van der Waals surface area contributed by atoms with Crippen molar-refractivity contribution in [2.24, 2.45) is 0 Å². The van der Waals surface area contributed by atoms with Crippen LogP contribution in [0.1, 0.15) is 148 Å². The molecule has 68 heavy (non-hydrogen) atoms. The van der Waals surface area contributed by atoms with Crippen molar-refractivity contribution in [1.82, 2.24) is 30.0 Å². The molecule has 0 aliphatic heterocycles. The number of amides is 2. The first-order valence-electron chi connectivity index (χ1n) is 22.9. The molecular formula is C47H71BrN8O8S4. The number of benzene rings is 2. The fourth-order valence-electron chi connectivity index (χ4n) is 7.64. The fourth-order valence-corrected chi connectivity index (χ4v) is 13.6.